The van der Waals surface area contributed by atoms with Gasteiger partial charge in [0.15, 0.2) is 5.69 Å². The second-order valence-electron chi connectivity index (χ2n) is 3.61. The largest absolute Gasteiger partial charge is 0.475 e. The van der Waals surface area contributed by atoms with Crippen LogP contribution in [-0.4, -0.2) is 25.8 Å². The van der Waals surface area contributed by atoms with Crippen LogP contribution >= 0.6 is 0 Å². The number of carbonyl (C=O) groups is 1. The molecular weight excluding hydrogens is 248 g/mol. The second-order valence-corrected chi connectivity index (χ2v) is 3.61. The fourth-order valence-corrected chi connectivity index (χ4v) is 1.46. The summed E-state index contributed by atoms with van der Waals surface area (Å²) in [6.07, 6.45) is -1.63. The minimum absolute atomic E-state index is 0.173. The molecular formula is C10H9F2N3O3. The van der Waals surface area contributed by atoms with Crippen LogP contribution in [-0.2, 0) is 7.05 Å². The van der Waals surface area contributed by atoms with Gasteiger partial charge in [-0.1, -0.05) is 0 Å². The van der Waals surface area contributed by atoms with Crippen molar-refractivity contribution in [1.82, 2.24) is 14.8 Å². The van der Waals surface area contributed by atoms with Gasteiger partial charge in [0.2, 0.25) is 11.7 Å². The van der Waals surface area contributed by atoms with Gasteiger partial charge in [-0.3, -0.25) is 4.68 Å². The van der Waals surface area contributed by atoms with Gasteiger partial charge in [0.25, 0.3) is 6.43 Å². The molecule has 2 heterocycles. The summed E-state index contributed by atoms with van der Waals surface area (Å²) in [5.74, 6) is -2.60. The number of aromatic carboxylic acids is 1. The van der Waals surface area contributed by atoms with Crippen molar-refractivity contribution < 1.29 is 23.1 Å². The minimum Gasteiger partial charge on any atom is -0.475 e. The molecule has 0 spiro atoms. The van der Waals surface area contributed by atoms with Gasteiger partial charge in [-0.25, -0.2) is 18.6 Å². The van der Waals surface area contributed by atoms with Crippen LogP contribution in [0.2, 0.25) is 0 Å². The highest BCUT2D eigenvalue weighted by molar-refractivity contribution is 5.86. The van der Waals surface area contributed by atoms with E-state index in [0.717, 1.165) is 0 Å². The predicted octanol–water partition coefficient (Wildman–Crippen LogP) is 2.02. The standard InChI is InChI=1S/C10H9F2N3O3/c1-4-5(3-13-15(4)2)9-14-6(8(11)12)7(18-9)10(16)17/h3,8H,1-2H3,(H,16,17). The Bertz CT molecular complexity index is 604. The third-order valence-corrected chi connectivity index (χ3v) is 2.52. The Kier molecular flexibility index (Phi) is 2.85. The highest BCUT2D eigenvalue weighted by atomic mass is 19.3. The number of rotatable bonds is 3. The fourth-order valence-electron chi connectivity index (χ4n) is 1.46. The second kappa shape index (κ2) is 4.21. The molecule has 0 aliphatic heterocycles. The SMILES string of the molecule is Cc1c(-c2nc(C(F)F)c(C(=O)O)o2)cnn1C. The van der Waals surface area contributed by atoms with Crippen LogP contribution in [0.5, 0.6) is 0 Å². The number of hydrogen-bond acceptors (Lipinski definition) is 4. The molecule has 0 fully saturated rings. The summed E-state index contributed by atoms with van der Waals surface area (Å²) in [6, 6.07) is 0. The Morgan fingerprint density at radius 1 is 1.56 bits per heavy atom. The van der Waals surface area contributed by atoms with Crippen LogP contribution in [0.1, 0.15) is 28.4 Å². The summed E-state index contributed by atoms with van der Waals surface area (Å²) in [4.78, 5) is 14.3. The topological polar surface area (TPSA) is 81.2 Å². The molecule has 0 bridgehead atoms. The molecule has 18 heavy (non-hydrogen) atoms. The van der Waals surface area contributed by atoms with Gasteiger partial charge in [0.05, 0.1) is 11.8 Å². The average molecular weight is 257 g/mol. The van der Waals surface area contributed by atoms with Crippen LogP contribution in [0, 0.1) is 6.92 Å². The van der Waals surface area contributed by atoms with Crippen LogP contribution in [0.4, 0.5) is 8.78 Å². The van der Waals surface area contributed by atoms with Crippen molar-refractivity contribution in [3.8, 4) is 11.5 Å². The minimum atomic E-state index is -3.01. The molecule has 2 aromatic heterocycles. The van der Waals surface area contributed by atoms with Crippen molar-refractivity contribution in [3.05, 3.63) is 23.3 Å². The number of nitrogens with zero attached hydrogens (tertiary/aromatic N) is 3. The zero-order valence-corrected chi connectivity index (χ0v) is 9.52. The molecule has 8 heteroatoms. The summed E-state index contributed by atoms with van der Waals surface area (Å²) in [5.41, 5.74) is 0.140. The average Bonchev–Trinajstić information content (AvgIpc) is 2.85. The van der Waals surface area contributed by atoms with Gasteiger partial charge in [0, 0.05) is 12.7 Å². The molecule has 1 N–H and O–H groups in total. The van der Waals surface area contributed by atoms with Crippen molar-refractivity contribution in [1.29, 1.82) is 0 Å². The first-order valence-corrected chi connectivity index (χ1v) is 4.93. The molecule has 0 saturated heterocycles. The molecule has 0 aliphatic carbocycles. The number of aryl methyl sites for hydroxylation is 1. The van der Waals surface area contributed by atoms with Gasteiger partial charge in [-0.15, -0.1) is 0 Å². The van der Waals surface area contributed by atoms with E-state index in [-0.39, 0.29) is 5.89 Å². The van der Waals surface area contributed by atoms with Gasteiger partial charge < -0.3 is 9.52 Å². The normalized spacial score (nSPS) is 11.2. The predicted molar refractivity (Wildman–Crippen MR) is 55.4 cm³/mol. The number of alkyl halides is 2. The Morgan fingerprint density at radius 3 is 2.61 bits per heavy atom. The van der Waals surface area contributed by atoms with Crippen LogP contribution in [0.25, 0.3) is 11.5 Å². The zero-order valence-electron chi connectivity index (χ0n) is 9.52. The maximum Gasteiger partial charge on any atom is 0.374 e. The van der Waals surface area contributed by atoms with Crippen molar-refractivity contribution in [2.24, 2.45) is 7.05 Å². The summed E-state index contributed by atoms with van der Waals surface area (Å²) < 4.78 is 31.6. The molecule has 0 unspecified atom stereocenters. The number of aromatic nitrogens is 3. The molecule has 0 atom stereocenters. The van der Waals surface area contributed by atoms with Crippen molar-refractivity contribution in [3.63, 3.8) is 0 Å². The number of halogens is 2. The van der Waals surface area contributed by atoms with E-state index in [1.54, 1.807) is 14.0 Å². The Balaban J connectivity index is 2.57. The summed E-state index contributed by atoms with van der Waals surface area (Å²) in [7, 11) is 1.66. The first-order valence-electron chi connectivity index (χ1n) is 4.93. The van der Waals surface area contributed by atoms with Crippen LogP contribution in [0.3, 0.4) is 0 Å². The van der Waals surface area contributed by atoms with E-state index >= 15 is 0 Å². The monoisotopic (exact) mass is 257 g/mol. The maximum atomic E-state index is 12.6. The Hall–Kier alpha value is -2.25. The quantitative estimate of drug-likeness (QED) is 0.909. The maximum absolute atomic E-state index is 12.6. The number of carboxylic acid groups (broad SMARTS) is 1. The number of carboxylic acids is 1. The first-order chi connectivity index (χ1) is 8.41. The first kappa shape index (κ1) is 12.2. The van der Waals surface area contributed by atoms with Crippen molar-refractivity contribution >= 4 is 5.97 Å². The molecule has 0 radical (unpaired) electrons. The third kappa shape index (κ3) is 1.85. The highest BCUT2D eigenvalue weighted by Gasteiger charge is 2.27. The van der Waals surface area contributed by atoms with Gasteiger partial charge in [-0.05, 0) is 6.92 Å². The van der Waals surface area contributed by atoms with Gasteiger partial charge >= 0.3 is 5.97 Å². The van der Waals surface area contributed by atoms with E-state index in [0.29, 0.717) is 11.3 Å². The summed E-state index contributed by atoms with van der Waals surface area (Å²) in [5, 5.41) is 12.7. The fraction of sp³-hybridized carbons (Fsp3) is 0.300. The van der Waals surface area contributed by atoms with E-state index in [9.17, 15) is 13.6 Å². The lowest BCUT2D eigenvalue weighted by Gasteiger charge is -1.94. The molecule has 0 saturated carbocycles. The lowest BCUT2D eigenvalue weighted by Crippen LogP contribution is -1.99. The van der Waals surface area contributed by atoms with Crippen molar-refractivity contribution in [2.45, 2.75) is 13.3 Å². The van der Waals surface area contributed by atoms with E-state index < -0.39 is 23.8 Å². The van der Waals surface area contributed by atoms with Gasteiger partial charge in [-0.2, -0.15) is 5.10 Å². The van der Waals surface area contributed by atoms with Crippen LogP contribution < -0.4 is 0 Å². The van der Waals surface area contributed by atoms with E-state index in [4.69, 9.17) is 9.52 Å². The molecule has 6 nitrogen and oxygen atoms in total. The van der Waals surface area contributed by atoms with Crippen molar-refractivity contribution in [2.75, 3.05) is 0 Å². The van der Waals surface area contributed by atoms with Gasteiger partial charge in [0.1, 0.15) is 0 Å². The molecule has 96 valence electrons. The van der Waals surface area contributed by atoms with E-state index in [1.165, 1.54) is 10.9 Å². The molecule has 2 rings (SSSR count). The Labute approximate surface area is 99.9 Å². The Morgan fingerprint density at radius 2 is 2.22 bits per heavy atom. The molecule has 0 aliphatic rings. The lowest BCUT2D eigenvalue weighted by molar-refractivity contribution is 0.0647. The van der Waals surface area contributed by atoms with E-state index in [1.807, 2.05) is 0 Å². The zero-order chi connectivity index (χ0) is 13.4. The van der Waals surface area contributed by atoms with E-state index in [2.05, 4.69) is 10.1 Å². The smallest absolute Gasteiger partial charge is 0.374 e. The lowest BCUT2D eigenvalue weighted by atomic mass is 10.2. The molecule has 2 aromatic rings. The molecule has 0 aromatic carbocycles. The highest BCUT2D eigenvalue weighted by Crippen LogP contribution is 2.29. The summed E-state index contributed by atoms with van der Waals surface area (Å²) >= 11 is 0. The summed E-state index contributed by atoms with van der Waals surface area (Å²) in [6.45, 7) is 1.69. The number of oxazole rings is 1. The van der Waals surface area contributed by atoms with Crippen LogP contribution in [0.15, 0.2) is 10.6 Å². The third-order valence-electron chi connectivity index (χ3n) is 2.52. The number of hydrogen-bond donors (Lipinski definition) is 1. The molecule has 0 amide bonds.